The maximum Gasteiger partial charge on any atom is 0.221 e. The zero-order valence-corrected chi connectivity index (χ0v) is 6.08. The summed E-state index contributed by atoms with van der Waals surface area (Å²) < 4.78 is 13.0. The molecule has 2 nitrogen and oxygen atoms in total. The molecule has 0 unspecified atom stereocenters. The Morgan fingerprint density at radius 3 is 3.00 bits per heavy atom. The normalized spacial score (nSPS) is 10.4. The van der Waals surface area contributed by atoms with Crippen LogP contribution >= 0.6 is 0 Å². The molecule has 0 saturated heterocycles. The first-order chi connectivity index (χ1) is 5.79. The highest BCUT2D eigenvalue weighted by atomic mass is 19.1. The van der Waals surface area contributed by atoms with E-state index in [-0.39, 0.29) is 11.3 Å². The topological polar surface area (TPSA) is 33.1 Å². The number of hydrogen-bond donors (Lipinski definition) is 1. The fourth-order valence-electron chi connectivity index (χ4n) is 1.10. The van der Waals surface area contributed by atoms with E-state index in [9.17, 15) is 9.50 Å². The van der Waals surface area contributed by atoms with Crippen molar-refractivity contribution in [1.82, 2.24) is 4.98 Å². The summed E-state index contributed by atoms with van der Waals surface area (Å²) in [4.78, 5) is 3.53. The van der Waals surface area contributed by atoms with Crippen LogP contribution in [0.1, 0.15) is 0 Å². The molecule has 3 heteroatoms. The van der Waals surface area contributed by atoms with Gasteiger partial charge in [-0.15, -0.1) is 0 Å². The molecular formula is C9H5FNO. The zero-order chi connectivity index (χ0) is 8.55. The van der Waals surface area contributed by atoms with Crippen molar-refractivity contribution >= 4 is 10.8 Å². The number of aromatic nitrogens is 1. The summed E-state index contributed by atoms with van der Waals surface area (Å²) in [5.74, 6) is -0.767. The largest absolute Gasteiger partial charge is 0.493 e. The van der Waals surface area contributed by atoms with Crippen molar-refractivity contribution in [3.63, 3.8) is 0 Å². The lowest BCUT2D eigenvalue weighted by atomic mass is 10.1. The molecule has 1 aromatic carbocycles. The first kappa shape index (κ1) is 7.03. The van der Waals surface area contributed by atoms with Gasteiger partial charge in [0.25, 0.3) is 0 Å². The zero-order valence-electron chi connectivity index (χ0n) is 6.08. The van der Waals surface area contributed by atoms with E-state index in [4.69, 9.17) is 0 Å². The van der Waals surface area contributed by atoms with Crippen LogP contribution in [0.4, 0.5) is 4.39 Å². The van der Waals surface area contributed by atoms with Crippen molar-refractivity contribution in [2.75, 3.05) is 0 Å². The smallest absolute Gasteiger partial charge is 0.221 e. The summed E-state index contributed by atoms with van der Waals surface area (Å²) in [6, 6.07) is 7.23. The van der Waals surface area contributed by atoms with Gasteiger partial charge in [-0.25, -0.2) is 9.37 Å². The summed E-state index contributed by atoms with van der Waals surface area (Å²) in [5, 5.41) is 9.84. The number of pyridine rings is 1. The summed E-state index contributed by atoms with van der Waals surface area (Å²) >= 11 is 0. The molecule has 0 spiro atoms. The number of nitrogens with zero attached hydrogens (tertiary/aromatic N) is 1. The molecule has 59 valence electrons. The third-order valence-electron chi connectivity index (χ3n) is 1.64. The van der Waals surface area contributed by atoms with Gasteiger partial charge in [0.2, 0.25) is 5.88 Å². The lowest BCUT2D eigenvalue weighted by Crippen LogP contribution is -1.82. The Labute approximate surface area is 68.3 Å². The van der Waals surface area contributed by atoms with Crippen molar-refractivity contribution in [3.05, 3.63) is 36.3 Å². The molecule has 0 atom stereocenters. The number of hydrogen-bond acceptors (Lipinski definition) is 2. The average Bonchev–Trinajstić information content (AvgIpc) is 2.04. The number of fused-ring (bicyclic) bond motifs is 1. The molecule has 2 rings (SSSR count). The van der Waals surface area contributed by atoms with Gasteiger partial charge in [-0.05, 0) is 11.5 Å². The number of benzene rings is 1. The Hall–Kier alpha value is -1.64. The maximum atomic E-state index is 13.0. The third-order valence-corrected chi connectivity index (χ3v) is 1.64. The molecule has 0 amide bonds. The highest BCUT2D eigenvalue weighted by Gasteiger charge is 2.04. The van der Waals surface area contributed by atoms with E-state index in [1.165, 1.54) is 12.3 Å². The van der Waals surface area contributed by atoms with Gasteiger partial charge < -0.3 is 5.11 Å². The van der Waals surface area contributed by atoms with Crippen molar-refractivity contribution < 1.29 is 9.50 Å². The van der Waals surface area contributed by atoms with Crippen LogP contribution in [0.15, 0.2) is 24.4 Å². The Balaban J connectivity index is 2.96. The van der Waals surface area contributed by atoms with Crippen LogP contribution in [-0.4, -0.2) is 10.1 Å². The molecule has 0 aliphatic rings. The lowest BCUT2D eigenvalue weighted by Gasteiger charge is -1.98. The molecular weight excluding hydrogens is 157 g/mol. The van der Waals surface area contributed by atoms with Crippen LogP contribution < -0.4 is 0 Å². The van der Waals surface area contributed by atoms with E-state index in [1.54, 1.807) is 12.1 Å². The summed E-state index contributed by atoms with van der Waals surface area (Å²) in [7, 11) is 0. The Kier molecular flexibility index (Phi) is 1.43. The van der Waals surface area contributed by atoms with Gasteiger partial charge in [0, 0.05) is 12.3 Å². The molecule has 1 heterocycles. The Morgan fingerprint density at radius 2 is 2.25 bits per heavy atom. The summed E-state index contributed by atoms with van der Waals surface area (Å²) in [5.41, 5.74) is 0. The first-order valence-electron chi connectivity index (χ1n) is 3.43. The molecule has 0 saturated carbocycles. The minimum Gasteiger partial charge on any atom is -0.493 e. The van der Waals surface area contributed by atoms with Crippen LogP contribution in [0, 0.1) is 11.9 Å². The predicted octanol–water partition coefficient (Wildman–Crippen LogP) is 1.88. The van der Waals surface area contributed by atoms with Gasteiger partial charge in [-0.2, -0.15) is 0 Å². The summed E-state index contributed by atoms with van der Waals surface area (Å²) in [6.45, 7) is 0. The highest BCUT2D eigenvalue weighted by molar-refractivity contribution is 5.86. The van der Waals surface area contributed by atoms with Crippen LogP contribution in [0.25, 0.3) is 10.8 Å². The fourth-order valence-corrected chi connectivity index (χ4v) is 1.10. The van der Waals surface area contributed by atoms with Crippen LogP contribution in [0.5, 0.6) is 5.88 Å². The highest BCUT2D eigenvalue weighted by Crippen LogP contribution is 2.23. The van der Waals surface area contributed by atoms with E-state index in [0.717, 1.165) is 0 Å². The van der Waals surface area contributed by atoms with Gasteiger partial charge in [0.15, 0.2) is 0 Å². The minimum absolute atomic E-state index is 0.125. The maximum absolute atomic E-state index is 13.0. The summed E-state index contributed by atoms with van der Waals surface area (Å²) in [6.07, 6.45) is 1.32. The molecule has 0 bridgehead atoms. The molecule has 12 heavy (non-hydrogen) atoms. The van der Waals surface area contributed by atoms with Crippen molar-refractivity contribution in [2.45, 2.75) is 0 Å². The molecule has 2 aromatic rings. The standard InChI is InChI=1S/C9H5FNO/c10-7-3-1-2-6-4-5-11-9(12)8(6)7/h1-3,5H,(H,11,12). The van der Waals surface area contributed by atoms with Gasteiger partial charge in [-0.3, -0.25) is 0 Å². The third kappa shape index (κ3) is 0.906. The van der Waals surface area contributed by atoms with Crippen molar-refractivity contribution in [3.8, 4) is 5.88 Å². The quantitative estimate of drug-likeness (QED) is 0.641. The molecule has 0 aliphatic heterocycles. The van der Waals surface area contributed by atoms with E-state index < -0.39 is 5.82 Å². The van der Waals surface area contributed by atoms with Crippen LogP contribution in [0.3, 0.4) is 0 Å². The SMILES string of the molecule is Oc1nc[c]c2cccc(F)c12. The van der Waals surface area contributed by atoms with E-state index >= 15 is 0 Å². The number of aromatic hydroxyl groups is 1. The molecule has 1 aromatic heterocycles. The minimum atomic E-state index is -0.477. The molecule has 1 radical (unpaired) electrons. The van der Waals surface area contributed by atoms with Crippen molar-refractivity contribution in [1.29, 1.82) is 0 Å². The second kappa shape index (κ2) is 2.44. The second-order valence-corrected chi connectivity index (χ2v) is 2.39. The molecule has 0 aliphatic carbocycles. The molecule has 0 fully saturated rings. The van der Waals surface area contributed by atoms with Gasteiger partial charge in [0.1, 0.15) is 5.82 Å². The van der Waals surface area contributed by atoms with Crippen molar-refractivity contribution in [2.24, 2.45) is 0 Å². The van der Waals surface area contributed by atoms with Crippen LogP contribution in [-0.2, 0) is 0 Å². The van der Waals surface area contributed by atoms with Gasteiger partial charge in [-0.1, -0.05) is 12.1 Å². The Bertz CT molecular complexity index is 391. The average molecular weight is 162 g/mol. The Morgan fingerprint density at radius 1 is 1.42 bits per heavy atom. The van der Waals surface area contributed by atoms with Gasteiger partial charge >= 0.3 is 0 Å². The second-order valence-electron chi connectivity index (χ2n) is 2.39. The van der Waals surface area contributed by atoms with E-state index in [0.29, 0.717) is 5.39 Å². The van der Waals surface area contributed by atoms with E-state index in [2.05, 4.69) is 11.1 Å². The monoisotopic (exact) mass is 162 g/mol. The van der Waals surface area contributed by atoms with E-state index in [1.807, 2.05) is 0 Å². The predicted molar refractivity (Wildman–Crippen MR) is 42.2 cm³/mol. The van der Waals surface area contributed by atoms with Crippen LogP contribution in [0.2, 0.25) is 0 Å². The number of halogens is 1. The fraction of sp³-hybridized carbons (Fsp3) is 0. The van der Waals surface area contributed by atoms with Gasteiger partial charge in [0.05, 0.1) is 5.39 Å². The number of rotatable bonds is 0. The first-order valence-corrected chi connectivity index (χ1v) is 3.43. The molecule has 1 N–H and O–H groups in total. The lowest BCUT2D eigenvalue weighted by molar-refractivity contribution is 0.457.